The van der Waals surface area contributed by atoms with Crippen molar-refractivity contribution >= 4 is 35.0 Å². The van der Waals surface area contributed by atoms with Crippen LogP contribution in [0.2, 0.25) is 0 Å². The molecule has 5 rings (SSSR count). The molecule has 1 fully saturated rings. The van der Waals surface area contributed by atoms with Gasteiger partial charge in [0.2, 0.25) is 5.95 Å². The smallest absolute Gasteiger partial charge is 0.421 e. The van der Waals surface area contributed by atoms with Crippen molar-refractivity contribution in [2.24, 2.45) is 0 Å². The summed E-state index contributed by atoms with van der Waals surface area (Å²) in [5.41, 5.74) is 1.58. The van der Waals surface area contributed by atoms with E-state index in [-0.39, 0.29) is 29.8 Å². The Labute approximate surface area is 244 Å². The number of nitrogens with one attached hydrogen (secondary N) is 3. The van der Waals surface area contributed by atoms with Gasteiger partial charge in [0, 0.05) is 43.8 Å². The molecule has 4 N–H and O–H groups in total. The Morgan fingerprint density at radius 2 is 1.72 bits per heavy atom. The molecular formula is C29H29F3N8O3. The topological polar surface area (TPSA) is 137 Å². The summed E-state index contributed by atoms with van der Waals surface area (Å²) in [4.78, 5) is 33.0. The number of rotatable bonds is 9. The highest BCUT2D eigenvalue weighted by Gasteiger charge is 2.35. The van der Waals surface area contributed by atoms with Gasteiger partial charge in [-0.1, -0.05) is 24.3 Å². The number of aromatic nitrogens is 4. The molecule has 0 atom stereocenters. The van der Waals surface area contributed by atoms with Crippen molar-refractivity contribution in [2.75, 3.05) is 37.3 Å². The summed E-state index contributed by atoms with van der Waals surface area (Å²) in [7, 11) is 1.43. The number of nitrogens with zero attached hydrogens (tertiary/aromatic N) is 5. The lowest BCUT2D eigenvalue weighted by atomic mass is 10.1. The molecule has 1 saturated heterocycles. The van der Waals surface area contributed by atoms with Crippen molar-refractivity contribution in [3.63, 3.8) is 0 Å². The number of alkyl halides is 3. The van der Waals surface area contributed by atoms with Crippen LogP contribution in [-0.2, 0) is 11.0 Å². The Bertz CT molecular complexity index is 1600. The second-order valence-electron chi connectivity index (χ2n) is 10.0. The van der Waals surface area contributed by atoms with E-state index in [1.54, 1.807) is 30.5 Å². The standard InChI is InChI=1S/C29H29F3N8O3/c1-33-27(43)22-4-2-3-5-24(22)37-26-23(29(30,31)32)15-34-28(38-26)36-20-8-6-18(7-9-20)19-14-35-40(16-19)21-10-12-39(13-11-21)17-25(41)42/h2-9,14-16,21H,10-13,17H2,1H3,(H,33,43)(H,41,42)(H2,34,36,37,38). The number of carbonyl (C=O) groups is 2. The highest BCUT2D eigenvalue weighted by atomic mass is 19.4. The molecule has 11 nitrogen and oxygen atoms in total. The zero-order chi connectivity index (χ0) is 30.6. The van der Waals surface area contributed by atoms with Crippen molar-refractivity contribution in [3.8, 4) is 11.1 Å². The Hall–Kier alpha value is -4.98. The van der Waals surface area contributed by atoms with Crippen molar-refractivity contribution < 1.29 is 27.9 Å². The van der Waals surface area contributed by atoms with Crippen LogP contribution in [0.1, 0.15) is 34.8 Å². The number of para-hydroxylation sites is 1. The maximum absolute atomic E-state index is 13.8. The molecule has 2 aromatic carbocycles. The van der Waals surface area contributed by atoms with E-state index in [4.69, 9.17) is 5.11 Å². The van der Waals surface area contributed by atoms with Crippen molar-refractivity contribution in [1.82, 2.24) is 30.0 Å². The summed E-state index contributed by atoms with van der Waals surface area (Å²) in [6, 6.07) is 13.6. The number of benzene rings is 2. The average Bonchev–Trinajstić information content (AvgIpc) is 3.47. The lowest BCUT2D eigenvalue weighted by Gasteiger charge is -2.30. The van der Waals surface area contributed by atoms with Gasteiger partial charge in [-0.15, -0.1) is 0 Å². The Balaban J connectivity index is 1.30. The number of halogens is 3. The van der Waals surface area contributed by atoms with Crippen LogP contribution < -0.4 is 16.0 Å². The largest absolute Gasteiger partial charge is 0.480 e. The van der Waals surface area contributed by atoms with Crippen LogP contribution in [0.25, 0.3) is 11.1 Å². The fourth-order valence-corrected chi connectivity index (χ4v) is 4.89. The first-order chi connectivity index (χ1) is 20.6. The molecule has 3 heterocycles. The molecule has 0 radical (unpaired) electrons. The highest BCUT2D eigenvalue weighted by molar-refractivity contribution is 6.00. The molecule has 1 aliphatic heterocycles. The second-order valence-corrected chi connectivity index (χ2v) is 10.0. The molecule has 224 valence electrons. The van der Waals surface area contributed by atoms with Gasteiger partial charge in [0.1, 0.15) is 11.4 Å². The number of hydrogen-bond donors (Lipinski definition) is 4. The van der Waals surface area contributed by atoms with Crippen LogP contribution in [0.15, 0.2) is 67.1 Å². The van der Waals surface area contributed by atoms with Crippen LogP contribution in [0.5, 0.6) is 0 Å². The zero-order valence-corrected chi connectivity index (χ0v) is 23.1. The first-order valence-electron chi connectivity index (χ1n) is 13.5. The van der Waals surface area contributed by atoms with Crippen LogP contribution in [-0.4, -0.2) is 68.3 Å². The number of carboxylic acids is 1. The fraction of sp³-hybridized carbons (Fsp3) is 0.276. The van der Waals surface area contributed by atoms with Gasteiger partial charge in [-0.05, 0) is 42.7 Å². The molecule has 4 aromatic rings. The number of aliphatic carboxylic acids is 1. The predicted molar refractivity (Wildman–Crippen MR) is 153 cm³/mol. The van der Waals surface area contributed by atoms with Gasteiger partial charge in [-0.2, -0.15) is 23.3 Å². The Kier molecular flexibility index (Phi) is 8.57. The molecule has 0 unspecified atom stereocenters. The molecule has 0 aliphatic carbocycles. The van der Waals surface area contributed by atoms with E-state index in [1.165, 1.54) is 19.2 Å². The zero-order valence-electron chi connectivity index (χ0n) is 23.1. The highest BCUT2D eigenvalue weighted by Crippen LogP contribution is 2.36. The number of carbonyl (C=O) groups excluding carboxylic acids is 1. The summed E-state index contributed by atoms with van der Waals surface area (Å²) >= 11 is 0. The second kappa shape index (κ2) is 12.5. The molecule has 0 bridgehead atoms. The van der Waals surface area contributed by atoms with Gasteiger partial charge in [-0.3, -0.25) is 19.2 Å². The summed E-state index contributed by atoms with van der Waals surface area (Å²) in [6.07, 6.45) is 1.28. The number of anilines is 4. The molecule has 0 spiro atoms. The van der Waals surface area contributed by atoms with Gasteiger partial charge in [0.15, 0.2) is 0 Å². The SMILES string of the molecule is CNC(=O)c1ccccc1Nc1nc(Nc2ccc(-c3cnn(C4CCN(CC(=O)O)CC4)c3)cc2)ncc1C(F)(F)F. The van der Waals surface area contributed by atoms with Crippen LogP contribution in [0, 0.1) is 0 Å². The number of carboxylic acid groups (broad SMARTS) is 1. The number of likely N-dealkylation sites (tertiary alicyclic amines) is 1. The summed E-state index contributed by atoms with van der Waals surface area (Å²) < 4.78 is 43.2. The third kappa shape index (κ3) is 7.09. The maximum atomic E-state index is 13.8. The molecule has 43 heavy (non-hydrogen) atoms. The first kappa shape index (κ1) is 29.5. The molecule has 1 amide bonds. The van der Waals surface area contributed by atoms with E-state index in [0.717, 1.165) is 24.0 Å². The monoisotopic (exact) mass is 594 g/mol. The minimum Gasteiger partial charge on any atom is -0.480 e. The van der Waals surface area contributed by atoms with E-state index >= 15 is 0 Å². The number of piperidine rings is 1. The number of hydrogen-bond acceptors (Lipinski definition) is 8. The lowest BCUT2D eigenvalue weighted by molar-refractivity contribution is -0.139. The first-order valence-corrected chi connectivity index (χ1v) is 13.5. The fourth-order valence-electron chi connectivity index (χ4n) is 4.89. The van der Waals surface area contributed by atoms with E-state index in [2.05, 4.69) is 31.0 Å². The van der Waals surface area contributed by atoms with Crippen LogP contribution in [0.4, 0.5) is 36.3 Å². The van der Waals surface area contributed by atoms with Crippen LogP contribution >= 0.6 is 0 Å². The van der Waals surface area contributed by atoms with Crippen molar-refractivity contribution in [2.45, 2.75) is 25.1 Å². The minimum absolute atomic E-state index is 0.0401. The summed E-state index contributed by atoms with van der Waals surface area (Å²) in [6.45, 7) is 1.42. The third-order valence-electron chi connectivity index (χ3n) is 7.11. The van der Waals surface area contributed by atoms with Gasteiger partial charge in [-0.25, -0.2) is 4.98 Å². The van der Waals surface area contributed by atoms with E-state index in [0.29, 0.717) is 25.0 Å². The van der Waals surface area contributed by atoms with Gasteiger partial charge in [0.05, 0.1) is 30.0 Å². The average molecular weight is 595 g/mol. The Morgan fingerprint density at radius 1 is 1.00 bits per heavy atom. The molecule has 14 heteroatoms. The van der Waals surface area contributed by atoms with E-state index in [1.807, 2.05) is 27.9 Å². The quantitative estimate of drug-likeness (QED) is 0.213. The Morgan fingerprint density at radius 3 is 2.40 bits per heavy atom. The maximum Gasteiger partial charge on any atom is 0.421 e. The summed E-state index contributed by atoms with van der Waals surface area (Å²) in [5, 5.41) is 21.6. The minimum atomic E-state index is -4.73. The van der Waals surface area contributed by atoms with Gasteiger partial charge < -0.3 is 21.1 Å². The lowest BCUT2D eigenvalue weighted by Crippen LogP contribution is -2.38. The third-order valence-corrected chi connectivity index (χ3v) is 7.11. The van der Waals surface area contributed by atoms with Gasteiger partial charge >= 0.3 is 12.1 Å². The van der Waals surface area contributed by atoms with E-state index < -0.39 is 29.4 Å². The van der Waals surface area contributed by atoms with E-state index in [9.17, 15) is 22.8 Å². The molecule has 2 aromatic heterocycles. The number of amides is 1. The molecular weight excluding hydrogens is 565 g/mol. The summed E-state index contributed by atoms with van der Waals surface area (Å²) in [5.74, 6) is -1.86. The van der Waals surface area contributed by atoms with Gasteiger partial charge in [0.25, 0.3) is 5.91 Å². The van der Waals surface area contributed by atoms with Crippen molar-refractivity contribution in [1.29, 1.82) is 0 Å². The normalized spacial score (nSPS) is 14.3. The van der Waals surface area contributed by atoms with Crippen LogP contribution in [0.3, 0.4) is 0 Å². The predicted octanol–water partition coefficient (Wildman–Crippen LogP) is 4.93. The van der Waals surface area contributed by atoms with Crippen molar-refractivity contribution in [3.05, 3.63) is 78.2 Å². The molecule has 1 aliphatic rings. The molecule has 0 saturated carbocycles.